The maximum atomic E-state index is 2.46. The van der Waals surface area contributed by atoms with E-state index >= 15 is 0 Å². The highest BCUT2D eigenvalue weighted by Crippen LogP contribution is 2.46. The van der Waals surface area contributed by atoms with Crippen molar-refractivity contribution in [2.24, 2.45) is 0 Å². The fourth-order valence-corrected chi connectivity index (χ4v) is 6.46. The third kappa shape index (κ3) is 2.92. The normalized spacial score (nSPS) is 11.9. The predicted molar refractivity (Wildman–Crippen MR) is 165 cm³/mol. The Kier molecular flexibility index (Phi) is 4.52. The van der Waals surface area contributed by atoms with Gasteiger partial charge in [0.2, 0.25) is 0 Å². The van der Waals surface area contributed by atoms with Crippen molar-refractivity contribution in [3.63, 3.8) is 0 Å². The lowest BCUT2D eigenvalue weighted by Crippen LogP contribution is -1.96. The smallest absolute Gasteiger partial charge is 0.0627 e. The highest BCUT2D eigenvalue weighted by Gasteiger charge is 2.23. The Morgan fingerprint density at radius 2 is 0.784 bits per heavy atom. The lowest BCUT2D eigenvalue weighted by Gasteiger charge is -2.13. The molecular weight excluding hydrogens is 563 g/mol. The third-order valence-electron chi connectivity index (χ3n) is 7.54. The Hall–Kier alpha value is -4.09. The lowest BCUT2D eigenvalue weighted by molar-refractivity contribution is 1.18. The number of benzene rings is 6. The van der Waals surface area contributed by atoms with Gasteiger partial charge < -0.3 is 9.13 Å². The number of nitrogens with zero attached hydrogens (tertiary/aromatic N) is 2. The Bertz CT molecular complexity index is 2130. The molecule has 0 spiro atoms. The summed E-state index contributed by atoms with van der Waals surface area (Å²) in [4.78, 5) is 0. The van der Waals surface area contributed by atoms with Crippen molar-refractivity contribution < 1.29 is 0 Å². The van der Waals surface area contributed by atoms with Gasteiger partial charge in [-0.1, -0.05) is 78.9 Å². The molecule has 0 bridgehead atoms. The Morgan fingerprint density at radius 1 is 0.378 bits per heavy atom. The van der Waals surface area contributed by atoms with Crippen LogP contribution in [0, 0.1) is 3.57 Å². The van der Waals surface area contributed by atoms with Gasteiger partial charge in [0.1, 0.15) is 0 Å². The molecule has 2 aromatic heterocycles. The van der Waals surface area contributed by atoms with Crippen LogP contribution in [-0.4, -0.2) is 9.13 Å². The summed E-state index contributed by atoms with van der Waals surface area (Å²) in [6, 6.07) is 46.2. The first kappa shape index (κ1) is 21.0. The number of halogens is 1. The summed E-state index contributed by atoms with van der Waals surface area (Å²) in [6.45, 7) is 0. The van der Waals surface area contributed by atoms with Crippen LogP contribution in [0.4, 0.5) is 0 Å². The molecule has 0 radical (unpaired) electrons. The first-order valence-corrected chi connectivity index (χ1v) is 13.6. The molecule has 2 nitrogen and oxygen atoms in total. The van der Waals surface area contributed by atoms with Crippen molar-refractivity contribution in [3.8, 4) is 11.4 Å². The minimum absolute atomic E-state index is 1.18. The standard InChI is InChI=1S/C34H21IN2/c35-22-18-20-24(21-19-22)37-30-17-9-7-15-28(30)32-31-27-14-6-8-16-29(27)36(23-10-2-1-3-11-23)33(31)25-12-4-5-13-26(25)34(32)37/h1-21H. The van der Waals surface area contributed by atoms with Gasteiger partial charge in [-0.2, -0.15) is 0 Å². The monoisotopic (exact) mass is 584 g/mol. The summed E-state index contributed by atoms with van der Waals surface area (Å²) in [7, 11) is 0. The summed E-state index contributed by atoms with van der Waals surface area (Å²) < 4.78 is 6.14. The van der Waals surface area contributed by atoms with Crippen LogP contribution >= 0.6 is 22.6 Å². The van der Waals surface area contributed by atoms with Gasteiger partial charge in [0, 0.05) is 47.3 Å². The molecule has 3 heteroatoms. The molecule has 174 valence electrons. The van der Waals surface area contributed by atoms with E-state index in [1.165, 1.54) is 69.3 Å². The van der Waals surface area contributed by atoms with E-state index in [2.05, 4.69) is 159 Å². The van der Waals surface area contributed by atoms with Crippen LogP contribution < -0.4 is 0 Å². The largest absolute Gasteiger partial charge is 0.309 e. The fraction of sp³-hybridized carbons (Fsp3) is 0. The van der Waals surface area contributed by atoms with E-state index in [1.54, 1.807) is 0 Å². The number of hydrogen-bond donors (Lipinski definition) is 0. The number of fused-ring (bicyclic) bond motifs is 10. The average Bonchev–Trinajstić information content (AvgIpc) is 3.48. The Balaban J connectivity index is 1.73. The first-order chi connectivity index (χ1) is 18.3. The average molecular weight is 584 g/mol. The zero-order chi connectivity index (χ0) is 24.5. The fourth-order valence-electron chi connectivity index (χ4n) is 6.10. The minimum Gasteiger partial charge on any atom is -0.309 e. The zero-order valence-corrected chi connectivity index (χ0v) is 22.1. The SMILES string of the molecule is Ic1ccc(-n2c3ccccc3c3c4c5ccccc5n(-c5ccccc5)c4c4ccccc4c32)cc1. The Morgan fingerprint density at radius 3 is 1.30 bits per heavy atom. The van der Waals surface area contributed by atoms with Crippen molar-refractivity contribution in [2.45, 2.75) is 0 Å². The van der Waals surface area contributed by atoms with Crippen molar-refractivity contribution in [1.29, 1.82) is 0 Å². The molecule has 0 atom stereocenters. The van der Waals surface area contributed by atoms with Gasteiger partial charge in [-0.05, 0) is 71.1 Å². The minimum atomic E-state index is 1.18. The van der Waals surface area contributed by atoms with Crippen molar-refractivity contribution >= 4 is 77.0 Å². The van der Waals surface area contributed by atoms with Crippen molar-refractivity contribution in [2.75, 3.05) is 0 Å². The van der Waals surface area contributed by atoms with Gasteiger partial charge in [0.05, 0.1) is 22.1 Å². The quantitative estimate of drug-likeness (QED) is 0.179. The summed E-state index contributed by atoms with van der Waals surface area (Å²) in [5.74, 6) is 0. The van der Waals surface area contributed by atoms with E-state index in [1.807, 2.05) is 0 Å². The molecule has 0 N–H and O–H groups in total. The molecule has 0 saturated carbocycles. The molecule has 8 rings (SSSR count). The predicted octanol–water partition coefficient (Wildman–Crippen LogP) is 9.64. The summed E-state index contributed by atoms with van der Waals surface area (Å²) in [5, 5.41) is 7.71. The molecule has 0 unspecified atom stereocenters. The molecule has 0 amide bonds. The number of rotatable bonds is 2. The van der Waals surface area contributed by atoms with Crippen LogP contribution in [0.2, 0.25) is 0 Å². The van der Waals surface area contributed by atoms with E-state index in [4.69, 9.17) is 0 Å². The van der Waals surface area contributed by atoms with Gasteiger partial charge in [0.15, 0.2) is 0 Å². The summed E-state index contributed by atoms with van der Waals surface area (Å²) in [5.41, 5.74) is 7.35. The molecule has 6 aromatic carbocycles. The topological polar surface area (TPSA) is 9.86 Å². The maximum absolute atomic E-state index is 2.46. The first-order valence-electron chi connectivity index (χ1n) is 12.5. The van der Waals surface area contributed by atoms with E-state index in [0.29, 0.717) is 0 Å². The van der Waals surface area contributed by atoms with Gasteiger partial charge in [-0.25, -0.2) is 0 Å². The Labute approximate surface area is 227 Å². The van der Waals surface area contributed by atoms with E-state index in [0.717, 1.165) is 0 Å². The van der Waals surface area contributed by atoms with Gasteiger partial charge in [-0.3, -0.25) is 0 Å². The molecule has 0 aliphatic rings. The van der Waals surface area contributed by atoms with Crippen LogP contribution in [0.15, 0.2) is 127 Å². The zero-order valence-electron chi connectivity index (χ0n) is 19.9. The highest BCUT2D eigenvalue weighted by atomic mass is 127. The third-order valence-corrected chi connectivity index (χ3v) is 8.26. The molecule has 0 saturated heterocycles. The molecule has 8 aromatic rings. The van der Waals surface area contributed by atoms with E-state index in [9.17, 15) is 0 Å². The highest BCUT2D eigenvalue weighted by molar-refractivity contribution is 14.1. The summed E-state index contributed by atoms with van der Waals surface area (Å²) >= 11 is 2.38. The number of para-hydroxylation sites is 3. The maximum Gasteiger partial charge on any atom is 0.0627 e. The second kappa shape index (κ2) is 7.95. The van der Waals surface area contributed by atoms with Crippen LogP contribution in [0.25, 0.3) is 65.8 Å². The number of aromatic nitrogens is 2. The van der Waals surface area contributed by atoms with Gasteiger partial charge >= 0.3 is 0 Å². The molecule has 0 aliphatic heterocycles. The van der Waals surface area contributed by atoms with E-state index in [-0.39, 0.29) is 0 Å². The molecule has 0 fully saturated rings. The van der Waals surface area contributed by atoms with Crippen LogP contribution in [-0.2, 0) is 0 Å². The summed E-state index contributed by atoms with van der Waals surface area (Å²) in [6.07, 6.45) is 0. The molecular formula is C34H21IN2. The van der Waals surface area contributed by atoms with Crippen LogP contribution in [0.3, 0.4) is 0 Å². The van der Waals surface area contributed by atoms with Crippen molar-refractivity contribution in [1.82, 2.24) is 9.13 Å². The second-order valence-electron chi connectivity index (χ2n) is 9.51. The van der Waals surface area contributed by atoms with Gasteiger partial charge in [0.25, 0.3) is 0 Å². The molecule has 2 heterocycles. The second-order valence-corrected chi connectivity index (χ2v) is 10.8. The van der Waals surface area contributed by atoms with Gasteiger partial charge in [-0.15, -0.1) is 0 Å². The lowest BCUT2D eigenvalue weighted by atomic mass is 9.99. The van der Waals surface area contributed by atoms with Crippen LogP contribution in [0.1, 0.15) is 0 Å². The van der Waals surface area contributed by atoms with Crippen LogP contribution in [0.5, 0.6) is 0 Å². The molecule has 0 aliphatic carbocycles. The van der Waals surface area contributed by atoms with E-state index < -0.39 is 0 Å². The van der Waals surface area contributed by atoms with Crippen molar-refractivity contribution in [3.05, 3.63) is 131 Å². The number of hydrogen-bond acceptors (Lipinski definition) is 0. The molecule has 37 heavy (non-hydrogen) atoms.